The van der Waals surface area contributed by atoms with Crippen LogP contribution in [0.2, 0.25) is 0 Å². The lowest BCUT2D eigenvalue weighted by Crippen LogP contribution is -2.16. The molecule has 0 saturated heterocycles. The van der Waals surface area contributed by atoms with Gasteiger partial charge in [0.25, 0.3) is 5.91 Å². The van der Waals surface area contributed by atoms with Crippen LogP contribution < -0.4 is 5.32 Å². The SMILES string of the molecule is CC(C)Cn1c2ccc(C(=O)c3cccs3)cc2c2c3c(c4c(c21)CCc1c-4cnn1C)C(=O)NC3. The number of fused-ring (bicyclic) bond motifs is 10. The van der Waals surface area contributed by atoms with Crippen molar-refractivity contribution < 1.29 is 9.59 Å². The van der Waals surface area contributed by atoms with E-state index in [2.05, 4.69) is 34.9 Å². The molecule has 2 aromatic carbocycles. The zero-order chi connectivity index (χ0) is 24.7. The van der Waals surface area contributed by atoms with Crippen LogP contribution in [0.1, 0.15) is 56.3 Å². The van der Waals surface area contributed by atoms with Crippen LogP contribution in [0.25, 0.3) is 32.9 Å². The third-order valence-electron chi connectivity index (χ3n) is 7.65. The molecule has 0 bridgehead atoms. The van der Waals surface area contributed by atoms with Crippen molar-refractivity contribution in [3.63, 3.8) is 0 Å². The van der Waals surface area contributed by atoms with E-state index in [1.807, 2.05) is 47.6 Å². The number of amides is 1. The van der Waals surface area contributed by atoms with Crippen molar-refractivity contribution >= 4 is 44.8 Å². The number of rotatable bonds is 4. The molecule has 7 heteroatoms. The van der Waals surface area contributed by atoms with E-state index in [0.717, 1.165) is 62.8 Å². The first-order valence-electron chi connectivity index (χ1n) is 12.4. The second kappa shape index (κ2) is 7.64. The van der Waals surface area contributed by atoms with Gasteiger partial charge in [0.15, 0.2) is 0 Å². The number of nitrogens with one attached hydrogen (secondary N) is 1. The minimum absolute atomic E-state index is 0.0181. The summed E-state index contributed by atoms with van der Waals surface area (Å²) in [6.07, 6.45) is 3.66. The molecule has 0 saturated carbocycles. The van der Waals surface area contributed by atoms with Crippen molar-refractivity contribution in [2.75, 3.05) is 0 Å². The summed E-state index contributed by atoms with van der Waals surface area (Å²) >= 11 is 1.47. The minimum Gasteiger partial charge on any atom is -0.348 e. The van der Waals surface area contributed by atoms with Crippen LogP contribution in [0.5, 0.6) is 0 Å². The van der Waals surface area contributed by atoms with Crippen molar-refractivity contribution in [2.24, 2.45) is 13.0 Å². The second-order valence-corrected chi connectivity index (χ2v) is 11.2. The predicted molar refractivity (Wildman–Crippen MR) is 143 cm³/mol. The van der Waals surface area contributed by atoms with Gasteiger partial charge in [0.2, 0.25) is 5.78 Å². The Hall–Kier alpha value is -3.71. The number of carbonyl (C=O) groups is 2. The lowest BCUT2D eigenvalue weighted by Gasteiger charge is -2.23. The highest BCUT2D eigenvalue weighted by molar-refractivity contribution is 7.12. The molecule has 3 aromatic heterocycles. The van der Waals surface area contributed by atoms with Crippen molar-refractivity contribution in [3.8, 4) is 11.1 Å². The molecule has 36 heavy (non-hydrogen) atoms. The zero-order valence-corrected chi connectivity index (χ0v) is 21.3. The Labute approximate surface area is 212 Å². The number of nitrogens with zero attached hydrogens (tertiary/aromatic N) is 3. The molecule has 1 N–H and O–H groups in total. The van der Waals surface area contributed by atoms with Crippen LogP contribution in [0.3, 0.4) is 0 Å². The van der Waals surface area contributed by atoms with Crippen molar-refractivity contribution in [3.05, 3.63) is 74.7 Å². The van der Waals surface area contributed by atoms with Gasteiger partial charge in [0.1, 0.15) is 0 Å². The van der Waals surface area contributed by atoms with Gasteiger partial charge in [-0.2, -0.15) is 5.10 Å². The van der Waals surface area contributed by atoms with E-state index in [1.54, 1.807) is 0 Å². The number of carbonyl (C=O) groups excluding carboxylic acids is 2. The van der Waals surface area contributed by atoms with E-state index in [-0.39, 0.29) is 11.7 Å². The van der Waals surface area contributed by atoms with Gasteiger partial charge in [-0.1, -0.05) is 19.9 Å². The average Bonchev–Trinajstić information content (AvgIpc) is 3.65. The maximum Gasteiger partial charge on any atom is 0.252 e. The zero-order valence-electron chi connectivity index (χ0n) is 20.5. The number of thiophene rings is 1. The van der Waals surface area contributed by atoms with Gasteiger partial charge in [-0.25, -0.2) is 0 Å². The van der Waals surface area contributed by atoms with E-state index in [4.69, 9.17) is 0 Å². The van der Waals surface area contributed by atoms with E-state index >= 15 is 0 Å². The Bertz CT molecular complexity index is 1740. The molecule has 0 atom stereocenters. The monoisotopic (exact) mass is 494 g/mol. The second-order valence-electron chi connectivity index (χ2n) is 10.3. The summed E-state index contributed by atoms with van der Waals surface area (Å²) in [6.45, 7) is 5.83. The maximum atomic E-state index is 13.3. The summed E-state index contributed by atoms with van der Waals surface area (Å²) in [5, 5.41) is 11.7. The highest BCUT2D eigenvalue weighted by Gasteiger charge is 2.35. The summed E-state index contributed by atoms with van der Waals surface area (Å²) in [4.78, 5) is 27.2. The number of ketones is 1. The van der Waals surface area contributed by atoms with Crippen LogP contribution in [0.15, 0.2) is 41.9 Å². The summed E-state index contributed by atoms with van der Waals surface area (Å²) in [5.74, 6) is 0.466. The van der Waals surface area contributed by atoms with Gasteiger partial charge >= 0.3 is 0 Å². The van der Waals surface area contributed by atoms with Gasteiger partial charge in [-0.05, 0) is 59.5 Å². The smallest absolute Gasteiger partial charge is 0.252 e. The van der Waals surface area contributed by atoms with Crippen LogP contribution in [0.4, 0.5) is 0 Å². The Morgan fingerprint density at radius 3 is 2.81 bits per heavy atom. The van der Waals surface area contributed by atoms with Crippen LogP contribution in [-0.2, 0) is 33.0 Å². The molecular weight excluding hydrogens is 468 g/mol. The number of aryl methyl sites for hydroxylation is 2. The molecule has 0 unspecified atom stereocenters. The molecule has 1 aliphatic heterocycles. The fourth-order valence-electron chi connectivity index (χ4n) is 6.20. The summed E-state index contributed by atoms with van der Waals surface area (Å²) < 4.78 is 4.37. The Kier molecular flexibility index (Phi) is 4.58. The topological polar surface area (TPSA) is 68.9 Å². The summed E-state index contributed by atoms with van der Waals surface area (Å²) in [7, 11) is 1.98. The van der Waals surface area contributed by atoms with E-state index < -0.39 is 0 Å². The molecule has 1 aliphatic carbocycles. The van der Waals surface area contributed by atoms with Crippen LogP contribution >= 0.6 is 11.3 Å². The lowest BCUT2D eigenvalue weighted by molar-refractivity contribution is 0.0965. The van der Waals surface area contributed by atoms with Crippen LogP contribution in [0, 0.1) is 5.92 Å². The molecular formula is C29H26N4O2S. The molecule has 6 nitrogen and oxygen atoms in total. The van der Waals surface area contributed by atoms with Gasteiger partial charge < -0.3 is 9.88 Å². The molecule has 0 radical (unpaired) electrons. The van der Waals surface area contributed by atoms with Gasteiger partial charge in [-0.15, -0.1) is 11.3 Å². The Morgan fingerprint density at radius 1 is 1.17 bits per heavy atom. The minimum atomic E-state index is -0.0181. The van der Waals surface area contributed by atoms with Gasteiger partial charge in [-0.3, -0.25) is 14.3 Å². The Balaban J connectivity index is 1.61. The molecule has 2 aliphatic rings. The molecule has 5 aromatic rings. The summed E-state index contributed by atoms with van der Waals surface area (Å²) in [5.41, 5.74) is 9.36. The number of benzene rings is 2. The van der Waals surface area contributed by atoms with Crippen molar-refractivity contribution in [1.82, 2.24) is 19.7 Å². The average molecular weight is 495 g/mol. The predicted octanol–water partition coefficient (Wildman–Crippen LogP) is 5.49. The molecule has 180 valence electrons. The van der Waals surface area contributed by atoms with Gasteiger partial charge in [0.05, 0.1) is 22.2 Å². The highest BCUT2D eigenvalue weighted by Crippen LogP contribution is 2.47. The third-order valence-corrected chi connectivity index (χ3v) is 8.52. The fourth-order valence-corrected chi connectivity index (χ4v) is 6.89. The first-order valence-corrected chi connectivity index (χ1v) is 13.3. The maximum absolute atomic E-state index is 13.3. The normalized spacial score (nSPS) is 14.4. The number of hydrogen-bond donors (Lipinski definition) is 1. The highest BCUT2D eigenvalue weighted by atomic mass is 32.1. The standard InChI is InChI=1S/C29H26N4O2S/c1-15(2)14-33-22-8-6-16(28(34)23-5-4-10-36-23)11-18(22)25-20-12-30-29(35)26(20)24-17(27(25)33)7-9-21-19(24)13-31-32(21)3/h4-6,8,10-11,13,15H,7,9,12,14H2,1-3H3,(H,30,35). The first kappa shape index (κ1) is 21.6. The van der Waals surface area contributed by atoms with E-state index in [9.17, 15) is 9.59 Å². The molecule has 7 rings (SSSR count). The fraction of sp³-hybridized carbons (Fsp3) is 0.276. The van der Waals surface area contributed by atoms with Crippen molar-refractivity contribution in [2.45, 2.75) is 39.8 Å². The van der Waals surface area contributed by atoms with Crippen molar-refractivity contribution in [1.29, 1.82) is 0 Å². The largest absolute Gasteiger partial charge is 0.348 e. The van der Waals surface area contributed by atoms with Crippen LogP contribution in [-0.4, -0.2) is 26.0 Å². The van der Waals surface area contributed by atoms with E-state index in [0.29, 0.717) is 18.0 Å². The molecule has 0 fully saturated rings. The molecule has 4 heterocycles. The third kappa shape index (κ3) is 2.86. The van der Waals surface area contributed by atoms with E-state index in [1.165, 1.54) is 28.1 Å². The quantitative estimate of drug-likeness (QED) is 0.336. The lowest BCUT2D eigenvalue weighted by atomic mass is 9.82. The number of hydrogen-bond acceptors (Lipinski definition) is 4. The van der Waals surface area contributed by atoms with Gasteiger partial charge in [0, 0.05) is 58.8 Å². The summed E-state index contributed by atoms with van der Waals surface area (Å²) in [6, 6.07) is 9.88. The number of aromatic nitrogens is 3. The first-order chi connectivity index (χ1) is 17.4. The molecule has 1 amide bonds. The molecule has 0 spiro atoms. The Morgan fingerprint density at radius 2 is 2.03 bits per heavy atom.